The van der Waals surface area contributed by atoms with Gasteiger partial charge in [-0.05, 0) is 14.1 Å². The highest BCUT2D eigenvalue weighted by molar-refractivity contribution is 5.77. The van der Waals surface area contributed by atoms with E-state index >= 15 is 0 Å². The first kappa shape index (κ1) is 10.4. The molecule has 0 saturated heterocycles. The van der Waals surface area contributed by atoms with E-state index < -0.39 is 0 Å². The molecule has 11 heavy (non-hydrogen) atoms. The molecular formula is C8H20N2O. The lowest BCUT2D eigenvalue weighted by molar-refractivity contribution is -0.123. The zero-order valence-electron chi connectivity index (χ0n) is 7.85. The molecule has 0 aliphatic carbocycles. The molecule has 0 saturated carbocycles. The summed E-state index contributed by atoms with van der Waals surface area (Å²) in [5.41, 5.74) is 0. The standard InChI is InChI=1S/C8H18N2O.H2/c1-7(2)8(11)9-5-6-10(3)4;/h7H,5-6H2,1-4H3,(H,9,11);1H. The zero-order valence-corrected chi connectivity index (χ0v) is 7.85. The second-order valence-electron chi connectivity index (χ2n) is 3.25. The Morgan fingerprint density at radius 1 is 1.55 bits per heavy atom. The fourth-order valence-electron chi connectivity index (χ4n) is 0.607. The molecule has 0 bridgehead atoms. The predicted molar refractivity (Wildman–Crippen MR) is 48.5 cm³/mol. The fourth-order valence-corrected chi connectivity index (χ4v) is 0.607. The van der Waals surface area contributed by atoms with Gasteiger partial charge in [-0.25, -0.2) is 0 Å². The van der Waals surface area contributed by atoms with E-state index in [4.69, 9.17) is 0 Å². The lowest BCUT2D eigenvalue weighted by Crippen LogP contribution is -2.33. The second-order valence-corrected chi connectivity index (χ2v) is 3.25. The van der Waals surface area contributed by atoms with Crippen molar-refractivity contribution >= 4 is 5.91 Å². The van der Waals surface area contributed by atoms with Crippen molar-refractivity contribution in [3.63, 3.8) is 0 Å². The van der Waals surface area contributed by atoms with E-state index in [0.29, 0.717) is 0 Å². The maximum Gasteiger partial charge on any atom is 0.222 e. The van der Waals surface area contributed by atoms with Crippen LogP contribution in [0.1, 0.15) is 15.3 Å². The molecule has 0 aromatic heterocycles. The molecule has 1 N–H and O–H groups in total. The molecule has 0 rings (SSSR count). The van der Waals surface area contributed by atoms with E-state index in [-0.39, 0.29) is 13.3 Å². The molecule has 0 aliphatic rings. The molecule has 0 aliphatic heterocycles. The van der Waals surface area contributed by atoms with Crippen molar-refractivity contribution in [2.24, 2.45) is 5.92 Å². The van der Waals surface area contributed by atoms with Gasteiger partial charge in [-0.15, -0.1) is 0 Å². The van der Waals surface area contributed by atoms with E-state index in [1.54, 1.807) is 0 Å². The Labute approximate surface area is 70.2 Å². The highest BCUT2D eigenvalue weighted by atomic mass is 16.1. The third kappa shape index (κ3) is 5.85. The van der Waals surface area contributed by atoms with Crippen LogP contribution in [-0.4, -0.2) is 38.0 Å². The molecule has 68 valence electrons. The minimum absolute atomic E-state index is 0. The summed E-state index contributed by atoms with van der Waals surface area (Å²) in [6, 6.07) is 0. The average Bonchev–Trinajstić information content (AvgIpc) is 1.86. The first-order valence-corrected chi connectivity index (χ1v) is 3.96. The smallest absolute Gasteiger partial charge is 0.222 e. The summed E-state index contributed by atoms with van der Waals surface area (Å²) < 4.78 is 0. The number of hydrogen-bond donors (Lipinski definition) is 1. The first-order chi connectivity index (χ1) is 5.04. The number of carbonyl (C=O) groups excluding carboxylic acids is 1. The molecular weight excluding hydrogens is 140 g/mol. The maximum atomic E-state index is 11.0. The number of likely N-dealkylation sites (N-methyl/N-ethyl adjacent to an activating group) is 1. The van der Waals surface area contributed by atoms with Gasteiger partial charge in [0, 0.05) is 20.4 Å². The average molecular weight is 160 g/mol. The summed E-state index contributed by atoms with van der Waals surface area (Å²) >= 11 is 0. The Morgan fingerprint density at radius 2 is 2.09 bits per heavy atom. The van der Waals surface area contributed by atoms with Gasteiger partial charge in [-0.1, -0.05) is 13.8 Å². The van der Waals surface area contributed by atoms with Crippen LogP contribution < -0.4 is 5.32 Å². The van der Waals surface area contributed by atoms with Crippen LogP contribution in [0.3, 0.4) is 0 Å². The number of carbonyl (C=O) groups is 1. The van der Waals surface area contributed by atoms with Gasteiger partial charge in [-0.2, -0.15) is 0 Å². The summed E-state index contributed by atoms with van der Waals surface area (Å²) in [5, 5.41) is 2.83. The van der Waals surface area contributed by atoms with Gasteiger partial charge < -0.3 is 10.2 Å². The van der Waals surface area contributed by atoms with Gasteiger partial charge in [0.1, 0.15) is 0 Å². The molecule has 0 aromatic rings. The lowest BCUT2D eigenvalue weighted by atomic mass is 10.2. The monoisotopic (exact) mass is 160 g/mol. The largest absolute Gasteiger partial charge is 0.355 e. The van der Waals surface area contributed by atoms with Crippen molar-refractivity contribution < 1.29 is 6.22 Å². The van der Waals surface area contributed by atoms with E-state index in [2.05, 4.69) is 5.32 Å². The fraction of sp³-hybridized carbons (Fsp3) is 0.875. The van der Waals surface area contributed by atoms with E-state index in [1.807, 2.05) is 32.8 Å². The van der Waals surface area contributed by atoms with E-state index in [9.17, 15) is 4.79 Å². The second kappa shape index (κ2) is 5.13. The zero-order chi connectivity index (χ0) is 8.85. The van der Waals surface area contributed by atoms with Crippen LogP contribution in [0, 0.1) is 5.92 Å². The molecule has 1 amide bonds. The molecule has 0 unspecified atom stereocenters. The summed E-state index contributed by atoms with van der Waals surface area (Å²) in [5.74, 6) is 0.226. The Bertz CT molecular complexity index is 126. The first-order valence-electron chi connectivity index (χ1n) is 3.96. The van der Waals surface area contributed by atoms with Crippen molar-refractivity contribution in [1.82, 2.24) is 10.2 Å². The van der Waals surface area contributed by atoms with Crippen LogP contribution in [-0.2, 0) is 4.79 Å². The van der Waals surface area contributed by atoms with Crippen LogP contribution in [0.4, 0.5) is 0 Å². The Kier molecular flexibility index (Phi) is 4.86. The Hall–Kier alpha value is -0.570. The number of amides is 1. The van der Waals surface area contributed by atoms with E-state index in [0.717, 1.165) is 13.1 Å². The van der Waals surface area contributed by atoms with Gasteiger partial charge in [0.05, 0.1) is 0 Å². The molecule has 3 nitrogen and oxygen atoms in total. The summed E-state index contributed by atoms with van der Waals surface area (Å²) in [4.78, 5) is 13.0. The van der Waals surface area contributed by atoms with Crippen LogP contribution in [0.25, 0.3) is 0 Å². The molecule has 0 fully saturated rings. The van der Waals surface area contributed by atoms with Crippen molar-refractivity contribution in [3.8, 4) is 0 Å². The highest BCUT2D eigenvalue weighted by Gasteiger charge is 2.04. The Morgan fingerprint density at radius 3 is 2.45 bits per heavy atom. The van der Waals surface area contributed by atoms with Crippen LogP contribution in [0.2, 0.25) is 0 Å². The number of nitrogens with one attached hydrogen (secondary N) is 1. The maximum absolute atomic E-state index is 11.0. The van der Waals surface area contributed by atoms with Crippen molar-refractivity contribution in [3.05, 3.63) is 0 Å². The van der Waals surface area contributed by atoms with Crippen LogP contribution in [0.15, 0.2) is 0 Å². The molecule has 3 heteroatoms. The Balaban J connectivity index is 0. The SMILES string of the molecule is CC(C)C(=O)NCCN(C)C.[HH]. The number of rotatable bonds is 4. The van der Waals surface area contributed by atoms with E-state index in [1.165, 1.54) is 0 Å². The molecule has 0 aromatic carbocycles. The summed E-state index contributed by atoms with van der Waals surface area (Å²) in [6.45, 7) is 5.43. The molecule has 0 atom stereocenters. The van der Waals surface area contributed by atoms with Gasteiger partial charge in [0.25, 0.3) is 0 Å². The quantitative estimate of drug-likeness (QED) is 0.652. The number of nitrogens with zero attached hydrogens (tertiary/aromatic N) is 1. The van der Waals surface area contributed by atoms with Gasteiger partial charge in [0.2, 0.25) is 5.91 Å². The minimum Gasteiger partial charge on any atom is -0.355 e. The normalized spacial score (nSPS) is 10.7. The summed E-state index contributed by atoms with van der Waals surface area (Å²) in [6.07, 6.45) is 0. The van der Waals surface area contributed by atoms with Crippen molar-refractivity contribution in [2.45, 2.75) is 13.8 Å². The topological polar surface area (TPSA) is 32.3 Å². The van der Waals surface area contributed by atoms with Crippen LogP contribution in [0.5, 0.6) is 0 Å². The highest BCUT2D eigenvalue weighted by Crippen LogP contribution is 1.89. The van der Waals surface area contributed by atoms with Crippen LogP contribution >= 0.6 is 0 Å². The van der Waals surface area contributed by atoms with Crippen molar-refractivity contribution in [1.29, 1.82) is 0 Å². The number of hydrogen-bond acceptors (Lipinski definition) is 2. The lowest BCUT2D eigenvalue weighted by Gasteiger charge is -2.11. The summed E-state index contributed by atoms with van der Waals surface area (Å²) in [7, 11) is 3.98. The molecule has 0 radical (unpaired) electrons. The third-order valence-electron chi connectivity index (χ3n) is 1.38. The predicted octanol–water partition coefficient (Wildman–Crippen LogP) is 0.566. The minimum atomic E-state index is 0. The van der Waals surface area contributed by atoms with Gasteiger partial charge in [-0.3, -0.25) is 4.79 Å². The molecule has 0 heterocycles. The molecule has 0 spiro atoms. The third-order valence-corrected chi connectivity index (χ3v) is 1.38. The van der Waals surface area contributed by atoms with Gasteiger partial charge in [0.15, 0.2) is 0 Å². The van der Waals surface area contributed by atoms with Crippen molar-refractivity contribution in [2.75, 3.05) is 27.2 Å². The van der Waals surface area contributed by atoms with Gasteiger partial charge >= 0.3 is 0 Å².